The van der Waals surface area contributed by atoms with Gasteiger partial charge in [-0.25, -0.2) is 4.79 Å². The highest BCUT2D eigenvalue weighted by atomic mass is 16.5. The summed E-state index contributed by atoms with van der Waals surface area (Å²) in [6, 6.07) is 13.0. The Morgan fingerprint density at radius 3 is 1.88 bits per heavy atom. The van der Waals surface area contributed by atoms with E-state index in [0.717, 1.165) is 45.9 Å². The maximum absolute atomic E-state index is 11.4. The highest BCUT2D eigenvalue weighted by Gasteiger charge is 2.17. The first-order valence-electron chi connectivity index (χ1n) is 8.64. The van der Waals surface area contributed by atoms with Crippen LogP contribution in [-0.2, 0) is 0 Å². The molecule has 0 saturated carbocycles. The lowest BCUT2D eigenvalue weighted by molar-refractivity contribution is 0.0697. The zero-order valence-corrected chi connectivity index (χ0v) is 14.5. The molecule has 4 nitrogen and oxygen atoms in total. The number of ether oxygens (including phenoxy) is 2. The SMILES string of the molecule is CCCOc1c2ccccc2c(OCCC)c2cc(C(=O)O)ccc12. The van der Waals surface area contributed by atoms with E-state index < -0.39 is 5.97 Å². The minimum Gasteiger partial charge on any atom is -0.492 e. The predicted molar refractivity (Wildman–Crippen MR) is 100.0 cm³/mol. The molecule has 0 radical (unpaired) electrons. The van der Waals surface area contributed by atoms with E-state index in [9.17, 15) is 9.90 Å². The Balaban J connectivity index is 2.37. The molecular formula is C21H22O4. The van der Waals surface area contributed by atoms with Crippen LogP contribution in [0.5, 0.6) is 11.5 Å². The standard InChI is InChI=1S/C21H22O4/c1-3-11-24-19-15-7-5-6-8-16(15)20(25-12-4-2)18-13-14(21(22)23)9-10-17(18)19/h5-10,13H,3-4,11-12H2,1-2H3,(H,22,23). The molecule has 0 aliphatic rings. The van der Waals surface area contributed by atoms with Crippen molar-refractivity contribution in [3.05, 3.63) is 48.0 Å². The van der Waals surface area contributed by atoms with Gasteiger partial charge < -0.3 is 14.6 Å². The molecule has 0 amide bonds. The van der Waals surface area contributed by atoms with Crippen LogP contribution in [0.15, 0.2) is 42.5 Å². The van der Waals surface area contributed by atoms with Crippen molar-refractivity contribution >= 4 is 27.5 Å². The number of fused-ring (bicyclic) bond motifs is 2. The molecule has 0 unspecified atom stereocenters. The van der Waals surface area contributed by atoms with E-state index >= 15 is 0 Å². The molecule has 0 bridgehead atoms. The van der Waals surface area contributed by atoms with Crippen molar-refractivity contribution in [1.29, 1.82) is 0 Å². The van der Waals surface area contributed by atoms with Gasteiger partial charge in [0, 0.05) is 21.5 Å². The van der Waals surface area contributed by atoms with Gasteiger partial charge in [0.2, 0.25) is 0 Å². The number of carbonyl (C=O) groups is 1. The summed E-state index contributed by atoms with van der Waals surface area (Å²) in [7, 11) is 0. The molecule has 0 spiro atoms. The fraction of sp³-hybridized carbons (Fsp3) is 0.286. The molecule has 0 saturated heterocycles. The third kappa shape index (κ3) is 3.25. The lowest BCUT2D eigenvalue weighted by Gasteiger charge is -2.18. The first-order valence-corrected chi connectivity index (χ1v) is 8.64. The van der Waals surface area contributed by atoms with Crippen molar-refractivity contribution in [3.63, 3.8) is 0 Å². The van der Waals surface area contributed by atoms with Gasteiger partial charge in [-0.05, 0) is 31.0 Å². The van der Waals surface area contributed by atoms with Crippen LogP contribution in [0.1, 0.15) is 37.0 Å². The Bertz CT molecular complexity index is 915. The summed E-state index contributed by atoms with van der Waals surface area (Å²) in [6.07, 6.45) is 1.78. The summed E-state index contributed by atoms with van der Waals surface area (Å²) < 4.78 is 12.1. The van der Waals surface area contributed by atoms with E-state index in [0.29, 0.717) is 13.2 Å². The fourth-order valence-electron chi connectivity index (χ4n) is 2.95. The molecule has 25 heavy (non-hydrogen) atoms. The molecule has 0 aliphatic heterocycles. The molecule has 130 valence electrons. The summed E-state index contributed by atoms with van der Waals surface area (Å²) in [6.45, 7) is 5.29. The van der Waals surface area contributed by atoms with Crippen LogP contribution in [0.3, 0.4) is 0 Å². The van der Waals surface area contributed by atoms with Gasteiger partial charge >= 0.3 is 5.97 Å². The monoisotopic (exact) mass is 338 g/mol. The number of carboxylic acid groups (broad SMARTS) is 1. The van der Waals surface area contributed by atoms with Crippen molar-refractivity contribution in [1.82, 2.24) is 0 Å². The summed E-state index contributed by atoms with van der Waals surface area (Å²) in [5.74, 6) is 0.556. The van der Waals surface area contributed by atoms with Gasteiger partial charge in [0.1, 0.15) is 11.5 Å². The molecule has 3 rings (SSSR count). The Morgan fingerprint density at radius 2 is 1.36 bits per heavy atom. The molecule has 3 aromatic carbocycles. The number of benzene rings is 3. The normalized spacial score (nSPS) is 11.0. The van der Waals surface area contributed by atoms with E-state index in [1.807, 2.05) is 37.3 Å². The number of carboxylic acids is 1. The smallest absolute Gasteiger partial charge is 0.335 e. The van der Waals surface area contributed by atoms with Gasteiger partial charge in [0.05, 0.1) is 18.8 Å². The molecule has 1 N–H and O–H groups in total. The Kier molecular flexibility index (Phi) is 5.08. The molecule has 0 aromatic heterocycles. The molecule has 3 aromatic rings. The average molecular weight is 338 g/mol. The minimum absolute atomic E-state index is 0.241. The van der Waals surface area contributed by atoms with Crippen molar-refractivity contribution < 1.29 is 19.4 Å². The van der Waals surface area contributed by atoms with Crippen molar-refractivity contribution in [2.24, 2.45) is 0 Å². The number of hydrogen-bond donors (Lipinski definition) is 1. The van der Waals surface area contributed by atoms with Gasteiger partial charge in [-0.3, -0.25) is 0 Å². The molecular weight excluding hydrogens is 316 g/mol. The topological polar surface area (TPSA) is 55.8 Å². The maximum atomic E-state index is 11.4. The van der Waals surface area contributed by atoms with Gasteiger partial charge in [-0.2, -0.15) is 0 Å². The van der Waals surface area contributed by atoms with Crippen LogP contribution >= 0.6 is 0 Å². The first kappa shape index (κ1) is 17.1. The van der Waals surface area contributed by atoms with E-state index in [2.05, 4.69) is 6.92 Å². The molecule has 0 fully saturated rings. The third-order valence-corrected chi connectivity index (χ3v) is 4.07. The summed E-state index contributed by atoms with van der Waals surface area (Å²) in [5.41, 5.74) is 0.241. The molecule has 0 aliphatic carbocycles. The van der Waals surface area contributed by atoms with Crippen molar-refractivity contribution in [2.45, 2.75) is 26.7 Å². The minimum atomic E-state index is -0.951. The predicted octanol–water partition coefficient (Wildman–Crippen LogP) is 5.27. The van der Waals surface area contributed by atoms with Gasteiger partial charge in [-0.15, -0.1) is 0 Å². The van der Waals surface area contributed by atoms with Crippen molar-refractivity contribution in [2.75, 3.05) is 13.2 Å². The lowest BCUT2D eigenvalue weighted by Crippen LogP contribution is -2.02. The van der Waals surface area contributed by atoms with Gasteiger partial charge in [-0.1, -0.05) is 38.1 Å². The second kappa shape index (κ2) is 7.43. The van der Waals surface area contributed by atoms with Crippen LogP contribution in [-0.4, -0.2) is 24.3 Å². The van der Waals surface area contributed by atoms with E-state index in [1.165, 1.54) is 0 Å². The number of rotatable bonds is 7. The van der Waals surface area contributed by atoms with Crippen LogP contribution in [0.25, 0.3) is 21.5 Å². The van der Waals surface area contributed by atoms with Crippen LogP contribution in [0.2, 0.25) is 0 Å². The highest BCUT2D eigenvalue weighted by molar-refractivity contribution is 6.12. The molecule has 0 heterocycles. The summed E-state index contributed by atoms with van der Waals surface area (Å²) in [4.78, 5) is 11.4. The summed E-state index contributed by atoms with van der Waals surface area (Å²) >= 11 is 0. The van der Waals surface area contributed by atoms with Gasteiger partial charge in [0.15, 0.2) is 0 Å². The Morgan fingerprint density at radius 1 is 0.840 bits per heavy atom. The fourth-order valence-corrected chi connectivity index (χ4v) is 2.95. The van der Waals surface area contributed by atoms with Crippen LogP contribution < -0.4 is 9.47 Å². The van der Waals surface area contributed by atoms with Crippen LogP contribution in [0, 0.1) is 0 Å². The zero-order valence-electron chi connectivity index (χ0n) is 14.5. The first-order chi connectivity index (χ1) is 12.2. The highest BCUT2D eigenvalue weighted by Crippen LogP contribution is 2.43. The van der Waals surface area contributed by atoms with E-state index in [4.69, 9.17) is 9.47 Å². The Labute approximate surface area is 147 Å². The number of hydrogen-bond acceptors (Lipinski definition) is 3. The van der Waals surface area contributed by atoms with E-state index in [-0.39, 0.29) is 5.56 Å². The molecule has 4 heteroatoms. The number of aromatic carboxylic acids is 1. The Hall–Kier alpha value is -2.75. The third-order valence-electron chi connectivity index (χ3n) is 4.07. The summed E-state index contributed by atoms with van der Waals surface area (Å²) in [5, 5.41) is 12.9. The zero-order chi connectivity index (χ0) is 17.8. The van der Waals surface area contributed by atoms with Gasteiger partial charge in [0.25, 0.3) is 0 Å². The quantitative estimate of drug-likeness (QED) is 0.596. The molecule has 0 atom stereocenters. The average Bonchev–Trinajstić information content (AvgIpc) is 2.64. The maximum Gasteiger partial charge on any atom is 0.335 e. The second-order valence-electron chi connectivity index (χ2n) is 5.97. The largest absolute Gasteiger partial charge is 0.492 e. The van der Waals surface area contributed by atoms with Crippen molar-refractivity contribution in [3.8, 4) is 11.5 Å². The second-order valence-corrected chi connectivity index (χ2v) is 5.97. The van der Waals surface area contributed by atoms with E-state index in [1.54, 1.807) is 12.1 Å². The van der Waals surface area contributed by atoms with Crippen LogP contribution in [0.4, 0.5) is 0 Å². The lowest BCUT2D eigenvalue weighted by atomic mass is 9.98.